The van der Waals surface area contributed by atoms with Gasteiger partial charge in [-0.1, -0.05) is 31.9 Å². The van der Waals surface area contributed by atoms with Gasteiger partial charge in [0.2, 0.25) is 0 Å². The highest BCUT2D eigenvalue weighted by Crippen LogP contribution is 2.30. The highest BCUT2D eigenvalue weighted by atomic mass is 35.5. The van der Waals surface area contributed by atoms with Gasteiger partial charge in [-0.3, -0.25) is 9.69 Å². The summed E-state index contributed by atoms with van der Waals surface area (Å²) in [5.74, 6) is 0.414. The summed E-state index contributed by atoms with van der Waals surface area (Å²) in [5.41, 5.74) is 0. The minimum absolute atomic E-state index is 0.00377. The number of halogens is 1. The second kappa shape index (κ2) is 7.31. The van der Waals surface area contributed by atoms with E-state index < -0.39 is 0 Å². The summed E-state index contributed by atoms with van der Waals surface area (Å²) >= 11 is 7.45. The molecular formula is C17H23ClN2O3S. The third-order valence-corrected chi connectivity index (χ3v) is 6.53. The van der Waals surface area contributed by atoms with Gasteiger partial charge in [0, 0.05) is 19.1 Å². The van der Waals surface area contributed by atoms with Crippen molar-refractivity contribution in [2.75, 3.05) is 19.7 Å². The lowest BCUT2D eigenvalue weighted by Crippen LogP contribution is -2.51. The Morgan fingerprint density at radius 2 is 2.17 bits per heavy atom. The highest BCUT2D eigenvalue weighted by molar-refractivity contribution is 7.12. The van der Waals surface area contributed by atoms with E-state index in [0.29, 0.717) is 35.5 Å². The molecule has 0 saturated carbocycles. The van der Waals surface area contributed by atoms with Crippen LogP contribution in [0.5, 0.6) is 0 Å². The molecule has 5 nitrogen and oxygen atoms in total. The molecule has 2 saturated heterocycles. The average Bonchev–Trinajstić information content (AvgIpc) is 3.19. The van der Waals surface area contributed by atoms with Crippen LogP contribution >= 0.6 is 22.9 Å². The summed E-state index contributed by atoms with van der Waals surface area (Å²) in [7, 11) is 0. The van der Waals surface area contributed by atoms with Crippen LogP contribution in [-0.4, -0.2) is 53.6 Å². The quantitative estimate of drug-likeness (QED) is 0.808. The number of likely N-dealkylation sites (tertiary alicyclic amines) is 1. The van der Waals surface area contributed by atoms with E-state index in [4.69, 9.17) is 16.3 Å². The maximum absolute atomic E-state index is 12.5. The van der Waals surface area contributed by atoms with Gasteiger partial charge in [-0.2, -0.15) is 0 Å². The van der Waals surface area contributed by atoms with E-state index in [1.165, 1.54) is 11.3 Å². The van der Waals surface area contributed by atoms with Gasteiger partial charge in [0.15, 0.2) is 0 Å². The Hall–Kier alpha value is -1.27. The molecule has 132 valence electrons. The standard InChI is InChI=1S/C17H23ClN2O3S/c1-3-11(2)14-10-23-17(22)20(14)12-4-7-19(8-5-12)16(21)15-13(18)6-9-24-15/h6,9,11-12,14H,3-5,7-8,10H2,1-2H3/t11-,14+/m0/s1. The molecule has 3 rings (SSSR count). The third-order valence-electron chi connectivity index (χ3n) is 5.20. The molecule has 0 radical (unpaired) electrons. The van der Waals surface area contributed by atoms with Crippen LogP contribution in [0.15, 0.2) is 11.4 Å². The number of carbonyl (C=O) groups is 2. The average molecular weight is 371 g/mol. The van der Waals surface area contributed by atoms with Gasteiger partial charge >= 0.3 is 6.09 Å². The number of hydrogen-bond acceptors (Lipinski definition) is 4. The van der Waals surface area contributed by atoms with E-state index >= 15 is 0 Å². The minimum atomic E-state index is -0.202. The van der Waals surface area contributed by atoms with E-state index in [-0.39, 0.29) is 24.1 Å². The fourth-order valence-corrected chi connectivity index (χ4v) is 4.62. The number of thiophene rings is 1. The number of nitrogens with zero attached hydrogens (tertiary/aromatic N) is 2. The van der Waals surface area contributed by atoms with Gasteiger partial charge in [0.1, 0.15) is 11.5 Å². The first kappa shape index (κ1) is 17.5. The van der Waals surface area contributed by atoms with Crippen LogP contribution in [0.1, 0.15) is 42.8 Å². The van der Waals surface area contributed by atoms with Crippen molar-refractivity contribution in [1.29, 1.82) is 0 Å². The van der Waals surface area contributed by atoms with Crippen molar-refractivity contribution in [3.63, 3.8) is 0 Å². The van der Waals surface area contributed by atoms with Crippen molar-refractivity contribution in [1.82, 2.24) is 9.80 Å². The number of carbonyl (C=O) groups excluding carboxylic acids is 2. The molecule has 24 heavy (non-hydrogen) atoms. The molecule has 7 heteroatoms. The van der Waals surface area contributed by atoms with Gasteiger partial charge in [0.05, 0.1) is 11.1 Å². The zero-order valence-electron chi connectivity index (χ0n) is 14.0. The number of cyclic esters (lactones) is 1. The zero-order chi connectivity index (χ0) is 17.3. The molecule has 2 amide bonds. The van der Waals surface area contributed by atoms with Crippen LogP contribution in [0.4, 0.5) is 4.79 Å². The largest absolute Gasteiger partial charge is 0.447 e. The summed E-state index contributed by atoms with van der Waals surface area (Å²) in [4.78, 5) is 29.1. The molecule has 1 aromatic heterocycles. The Morgan fingerprint density at radius 1 is 1.46 bits per heavy atom. The van der Waals surface area contributed by atoms with Crippen LogP contribution < -0.4 is 0 Å². The second-order valence-electron chi connectivity index (χ2n) is 6.56. The van der Waals surface area contributed by atoms with Gasteiger partial charge in [0.25, 0.3) is 5.91 Å². The second-order valence-corrected chi connectivity index (χ2v) is 7.88. The Morgan fingerprint density at radius 3 is 2.75 bits per heavy atom. The van der Waals surface area contributed by atoms with Gasteiger partial charge < -0.3 is 9.64 Å². The van der Waals surface area contributed by atoms with E-state index in [2.05, 4.69) is 13.8 Å². The molecule has 2 aliphatic heterocycles. The van der Waals surface area contributed by atoms with Crippen molar-refractivity contribution in [2.45, 2.75) is 45.2 Å². The fourth-order valence-electron chi connectivity index (χ4n) is 3.51. The topological polar surface area (TPSA) is 49.9 Å². The molecule has 2 aliphatic rings. The number of hydrogen-bond donors (Lipinski definition) is 0. The fraction of sp³-hybridized carbons (Fsp3) is 0.647. The summed E-state index contributed by atoms with van der Waals surface area (Å²) in [6.45, 7) is 6.08. The number of ether oxygens (including phenoxy) is 1. The van der Waals surface area contributed by atoms with Crippen molar-refractivity contribution in [3.8, 4) is 0 Å². The van der Waals surface area contributed by atoms with Crippen LogP contribution in [0.3, 0.4) is 0 Å². The Balaban J connectivity index is 1.63. The molecule has 2 atom stereocenters. The smallest absolute Gasteiger partial charge is 0.410 e. The molecule has 3 heterocycles. The van der Waals surface area contributed by atoms with Crippen molar-refractivity contribution in [2.24, 2.45) is 5.92 Å². The molecule has 0 spiro atoms. The van der Waals surface area contributed by atoms with Gasteiger partial charge in [-0.05, 0) is 30.2 Å². The molecule has 1 aromatic rings. The van der Waals surface area contributed by atoms with E-state index in [0.717, 1.165) is 19.3 Å². The van der Waals surface area contributed by atoms with Crippen molar-refractivity contribution in [3.05, 3.63) is 21.3 Å². The van der Waals surface area contributed by atoms with Crippen LogP contribution in [-0.2, 0) is 4.74 Å². The zero-order valence-corrected chi connectivity index (χ0v) is 15.6. The van der Waals surface area contributed by atoms with Crippen LogP contribution in [0.2, 0.25) is 5.02 Å². The highest BCUT2D eigenvalue weighted by Gasteiger charge is 2.41. The first-order valence-corrected chi connectivity index (χ1v) is 9.76. The Kier molecular flexibility index (Phi) is 5.35. The summed E-state index contributed by atoms with van der Waals surface area (Å²) in [5, 5.41) is 2.35. The minimum Gasteiger partial charge on any atom is -0.447 e. The van der Waals surface area contributed by atoms with E-state index in [9.17, 15) is 9.59 Å². The SMILES string of the molecule is CC[C@H](C)[C@H]1COC(=O)N1C1CCN(C(=O)c2sccc2Cl)CC1. The predicted molar refractivity (Wildman–Crippen MR) is 94.7 cm³/mol. The predicted octanol–water partition coefficient (Wildman–Crippen LogP) is 3.87. The number of piperidine rings is 1. The van der Waals surface area contributed by atoms with Crippen molar-refractivity contribution < 1.29 is 14.3 Å². The monoisotopic (exact) mass is 370 g/mol. The summed E-state index contributed by atoms with van der Waals surface area (Å²) in [6.07, 6.45) is 2.39. The van der Waals surface area contributed by atoms with Gasteiger partial charge in [-0.25, -0.2) is 4.79 Å². The molecule has 0 bridgehead atoms. The normalized spacial score (nSPS) is 23.5. The lowest BCUT2D eigenvalue weighted by atomic mass is 9.95. The Labute approximate surface area is 151 Å². The van der Waals surface area contributed by atoms with E-state index in [1.807, 2.05) is 15.2 Å². The first-order valence-electron chi connectivity index (χ1n) is 8.50. The maximum atomic E-state index is 12.5. The number of rotatable bonds is 4. The lowest BCUT2D eigenvalue weighted by Gasteiger charge is -2.39. The van der Waals surface area contributed by atoms with Crippen LogP contribution in [0.25, 0.3) is 0 Å². The van der Waals surface area contributed by atoms with Crippen molar-refractivity contribution >= 4 is 34.9 Å². The maximum Gasteiger partial charge on any atom is 0.410 e. The van der Waals surface area contributed by atoms with Crippen LogP contribution in [0, 0.1) is 5.92 Å². The first-order chi connectivity index (χ1) is 11.5. The third kappa shape index (κ3) is 3.26. The number of amides is 2. The Bertz CT molecular complexity index is 613. The molecule has 0 N–H and O–H groups in total. The summed E-state index contributed by atoms with van der Waals surface area (Å²) in [6, 6.07) is 2.06. The summed E-state index contributed by atoms with van der Waals surface area (Å²) < 4.78 is 5.29. The van der Waals surface area contributed by atoms with Gasteiger partial charge in [-0.15, -0.1) is 11.3 Å². The van der Waals surface area contributed by atoms with E-state index in [1.54, 1.807) is 6.07 Å². The molecular weight excluding hydrogens is 348 g/mol. The molecule has 0 unspecified atom stereocenters. The molecule has 0 aliphatic carbocycles. The molecule has 2 fully saturated rings. The molecule has 0 aromatic carbocycles. The lowest BCUT2D eigenvalue weighted by molar-refractivity contribution is 0.0619.